The first-order valence-corrected chi connectivity index (χ1v) is 19.3. The van der Waals surface area contributed by atoms with Gasteiger partial charge in [0.1, 0.15) is 48.3 Å². The fraction of sp³-hybridized carbons (Fsp3) is 0.657. The number of rotatable bonds is 26. The van der Waals surface area contributed by atoms with Gasteiger partial charge in [0.2, 0.25) is 41.4 Å². The average Bonchev–Trinajstić information content (AvgIpc) is 3.92. The zero-order chi connectivity index (χ0) is 46.0. The molecule has 10 atom stereocenters. The molecule has 0 bridgehead atoms. The summed E-state index contributed by atoms with van der Waals surface area (Å²) in [6.07, 6.45) is -1.05. The average molecular weight is 872 g/mol. The highest BCUT2D eigenvalue weighted by atomic mass is 16.4. The van der Waals surface area contributed by atoms with Gasteiger partial charge in [0.05, 0.1) is 43.9 Å². The lowest BCUT2D eigenvalue weighted by Gasteiger charge is -2.30. The number of likely N-dealkylation sites (tertiary alicyclic amines) is 1. The molecule has 0 saturated carbocycles. The number of hydrogen-bond donors (Lipinski definition) is 15. The Balaban J connectivity index is 2.32. The molecule has 0 unspecified atom stereocenters. The number of carboxylic acid groups (broad SMARTS) is 2. The molecule has 1 aromatic heterocycles. The Kier molecular flexibility index (Phi) is 21.1. The smallest absolute Gasteiger partial charge is 0.326 e. The maximum absolute atomic E-state index is 13.8. The molecule has 26 nitrogen and oxygen atoms in total. The zero-order valence-electron chi connectivity index (χ0n) is 33.6. The minimum atomic E-state index is -1.83. The van der Waals surface area contributed by atoms with Gasteiger partial charge in [-0.15, -0.1) is 0 Å². The molecular weight excluding hydrogens is 814 g/mol. The van der Waals surface area contributed by atoms with Crippen LogP contribution in [0, 0.1) is 0 Å². The molecule has 17 N–H and O–H groups in total. The highest BCUT2D eigenvalue weighted by Crippen LogP contribution is 2.18. The quantitative estimate of drug-likeness (QED) is 0.0385. The van der Waals surface area contributed by atoms with Crippen molar-refractivity contribution < 1.29 is 73.8 Å². The minimum Gasteiger partial charge on any atom is -0.481 e. The molecule has 1 aromatic rings. The summed E-state index contributed by atoms with van der Waals surface area (Å²) in [5, 5.41) is 72.6. The number of unbranched alkanes of at least 4 members (excludes halogenated alkanes) is 1. The van der Waals surface area contributed by atoms with Crippen LogP contribution in [0.5, 0.6) is 0 Å². The topological polar surface area (TPSA) is 431 Å². The Morgan fingerprint density at radius 2 is 1.31 bits per heavy atom. The van der Waals surface area contributed by atoms with Crippen molar-refractivity contribution >= 4 is 53.3 Å². The maximum atomic E-state index is 13.8. The third-order valence-electron chi connectivity index (χ3n) is 9.47. The van der Waals surface area contributed by atoms with Gasteiger partial charge in [0, 0.05) is 19.2 Å². The molecule has 1 saturated heterocycles. The Bertz CT molecular complexity index is 1680. The predicted molar refractivity (Wildman–Crippen MR) is 207 cm³/mol. The summed E-state index contributed by atoms with van der Waals surface area (Å²) in [5.41, 5.74) is 11.2. The maximum Gasteiger partial charge on any atom is 0.326 e. The standard InChI is InChI=1S/C35H57N11O15/c1-16(49)26(44-29(54)20(6-3-4-8-36)40-30(55)22(11-25(51)52)41-28(53)19(37)13-47)32(57)42-21(10-18-12-38-15-39-18)31(56)45-27(17(2)50)33(58)43-23(14-48)34(59)46-9-5-7-24(46)35(60)61/h12,15-17,19-24,26-27,47-50H,3-11,13-14,36-37H2,1-2H3,(H,38,39)(H,40,55)(H,41,53)(H,42,57)(H,43,58)(H,44,54)(H,45,56)(H,51,52)(H,60,61)/t16-,17-,19+,20+,21+,22+,23+,24+,26+,27+/m1/s1. The zero-order valence-corrected chi connectivity index (χ0v) is 33.6. The first-order valence-electron chi connectivity index (χ1n) is 19.3. The second-order valence-electron chi connectivity index (χ2n) is 14.3. The van der Waals surface area contributed by atoms with Crippen LogP contribution in [-0.2, 0) is 49.6 Å². The number of hydrogen-bond acceptors (Lipinski definition) is 16. The van der Waals surface area contributed by atoms with Crippen LogP contribution in [0.2, 0.25) is 0 Å². The summed E-state index contributed by atoms with van der Waals surface area (Å²) in [6, 6.07) is -12.9. The summed E-state index contributed by atoms with van der Waals surface area (Å²) in [4.78, 5) is 124. The molecule has 2 rings (SSSR count). The number of carbonyl (C=O) groups is 9. The third kappa shape index (κ3) is 16.0. The van der Waals surface area contributed by atoms with E-state index in [9.17, 15) is 73.8 Å². The van der Waals surface area contributed by atoms with Gasteiger partial charge in [-0.05, 0) is 52.5 Å². The summed E-state index contributed by atoms with van der Waals surface area (Å²) in [7, 11) is 0. The van der Waals surface area contributed by atoms with Crippen LogP contribution < -0.4 is 43.4 Å². The molecule has 26 heteroatoms. The van der Waals surface area contributed by atoms with E-state index in [1.807, 2.05) is 0 Å². The van der Waals surface area contributed by atoms with Gasteiger partial charge in [-0.1, -0.05) is 0 Å². The van der Waals surface area contributed by atoms with E-state index in [0.29, 0.717) is 12.8 Å². The van der Waals surface area contributed by atoms with E-state index in [1.165, 1.54) is 12.5 Å². The molecule has 0 spiro atoms. The number of aliphatic hydroxyl groups is 4. The van der Waals surface area contributed by atoms with Gasteiger partial charge < -0.3 is 83.9 Å². The molecule has 1 aliphatic heterocycles. The molecule has 0 aromatic carbocycles. The molecule has 7 amide bonds. The number of nitrogens with zero attached hydrogens (tertiary/aromatic N) is 2. The predicted octanol–water partition coefficient (Wildman–Crippen LogP) is -7.39. The van der Waals surface area contributed by atoms with Crippen molar-refractivity contribution in [2.24, 2.45) is 11.5 Å². The molecule has 0 radical (unpaired) electrons. The number of amides is 7. The van der Waals surface area contributed by atoms with Crippen LogP contribution in [0.25, 0.3) is 0 Å². The van der Waals surface area contributed by atoms with E-state index < -0.39 is 133 Å². The third-order valence-corrected chi connectivity index (χ3v) is 9.47. The molecule has 0 aliphatic carbocycles. The van der Waals surface area contributed by atoms with Gasteiger partial charge in [-0.25, -0.2) is 9.78 Å². The van der Waals surface area contributed by atoms with E-state index in [2.05, 4.69) is 41.9 Å². The van der Waals surface area contributed by atoms with Crippen molar-refractivity contribution in [3.8, 4) is 0 Å². The SMILES string of the molecule is C[C@@H](O)[C@H](NC(=O)[C@H](CCCCN)NC(=O)[C@H](CC(=O)O)NC(=O)[C@@H](N)CO)C(=O)N[C@@H](Cc1c[nH]cn1)C(=O)N[C@H](C(=O)N[C@@H](CO)C(=O)N1CCC[C@H]1C(=O)O)[C@@H](C)O. The van der Waals surface area contributed by atoms with Crippen LogP contribution in [0.1, 0.15) is 58.1 Å². The Morgan fingerprint density at radius 3 is 1.80 bits per heavy atom. The van der Waals surface area contributed by atoms with E-state index in [1.54, 1.807) is 0 Å². The van der Waals surface area contributed by atoms with E-state index in [4.69, 9.17) is 11.5 Å². The fourth-order valence-corrected chi connectivity index (χ4v) is 6.11. The number of nitrogens with two attached hydrogens (primary N) is 2. The van der Waals surface area contributed by atoms with Crippen LogP contribution in [-0.4, -0.2) is 186 Å². The Hall–Kier alpha value is -5.80. The normalized spacial score (nSPS) is 18.1. The monoisotopic (exact) mass is 871 g/mol. The number of imidazole rings is 1. The molecule has 342 valence electrons. The van der Waals surface area contributed by atoms with Crippen LogP contribution in [0.15, 0.2) is 12.5 Å². The fourth-order valence-electron chi connectivity index (χ4n) is 6.11. The lowest BCUT2D eigenvalue weighted by molar-refractivity contribution is -0.150. The summed E-state index contributed by atoms with van der Waals surface area (Å²) in [5.74, 6) is -10.4. The van der Waals surface area contributed by atoms with Crippen molar-refractivity contribution in [3.05, 3.63) is 18.2 Å². The first kappa shape index (κ1) is 51.3. The first-order chi connectivity index (χ1) is 28.7. The number of aromatic amines is 1. The molecule has 61 heavy (non-hydrogen) atoms. The van der Waals surface area contributed by atoms with Crippen molar-refractivity contribution in [1.29, 1.82) is 0 Å². The molecule has 1 aliphatic rings. The van der Waals surface area contributed by atoms with Crippen LogP contribution in [0.4, 0.5) is 0 Å². The number of carbonyl (C=O) groups excluding carboxylic acids is 7. The summed E-state index contributed by atoms with van der Waals surface area (Å²) < 4.78 is 0. The second kappa shape index (κ2) is 25.1. The van der Waals surface area contributed by atoms with Crippen LogP contribution in [0.3, 0.4) is 0 Å². The van der Waals surface area contributed by atoms with Crippen molar-refractivity contribution in [1.82, 2.24) is 46.8 Å². The largest absolute Gasteiger partial charge is 0.481 e. The number of carboxylic acids is 2. The van der Waals surface area contributed by atoms with Gasteiger partial charge in [-0.2, -0.15) is 0 Å². The number of nitrogens with one attached hydrogen (secondary N) is 7. The molecule has 1 fully saturated rings. The van der Waals surface area contributed by atoms with Crippen molar-refractivity contribution in [2.75, 3.05) is 26.3 Å². The second-order valence-corrected chi connectivity index (χ2v) is 14.3. The highest BCUT2D eigenvalue weighted by Gasteiger charge is 2.40. The van der Waals surface area contributed by atoms with Crippen LogP contribution >= 0.6 is 0 Å². The lowest BCUT2D eigenvalue weighted by atomic mass is 10.0. The Morgan fingerprint density at radius 1 is 0.770 bits per heavy atom. The number of aliphatic carboxylic acids is 2. The minimum absolute atomic E-state index is 0.0411. The van der Waals surface area contributed by atoms with E-state index in [-0.39, 0.29) is 44.5 Å². The van der Waals surface area contributed by atoms with Gasteiger partial charge in [0.25, 0.3) is 0 Å². The van der Waals surface area contributed by atoms with E-state index in [0.717, 1.165) is 18.7 Å². The number of aromatic nitrogens is 2. The summed E-state index contributed by atoms with van der Waals surface area (Å²) >= 11 is 0. The summed E-state index contributed by atoms with van der Waals surface area (Å²) in [6.45, 7) is 0.664. The highest BCUT2D eigenvalue weighted by molar-refractivity contribution is 5.98. The molecule has 2 heterocycles. The van der Waals surface area contributed by atoms with Gasteiger partial charge in [-0.3, -0.25) is 38.4 Å². The number of H-pyrrole nitrogens is 1. The van der Waals surface area contributed by atoms with Crippen molar-refractivity contribution in [2.45, 2.75) is 119 Å². The van der Waals surface area contributed by atoms with Gasteiger partial charge >= 0.3 is 11.9 Å². The lowest BCUT2D eigenvalue weighted by Crippen LogP contribution is -2.63. The van der Waals surface area contributed by atoms with E-state index >= 15 is 0 Å². The number of aliphatic hydroxyl groups excluding tert-OH is 4. The van der Waals surface area contributed by atoms with Crippen molar-refractivity contribution in [3.63, 3.8) is 0 Å². The van der Waals surface area contributed by atoms with Gasteiger partial charge in [0.15, 0.2) is 0 Å². The Labute approximate surface area is 348 Å². The molecular formula is C35H57N11O15.